The molecule has 0 atom stereocenters. The molecule has 0 saturated heterocycles. The van der Waals surface area contributed by atoms with Crippen molar-refractivity contribution in [3.63, 3.8) is 0 Å². The lowest BCUT2D eigenvalue weighted by Gasteiger charge is -2.10. The van der Waals surface area contributed by atoms with E-state index >= 15 is 0 Å². The van der Waals surface area contributed by atoms with Crippen molar-refractivity contribution in [3.8, 4) is 16.3 Å². The molecule has 24 heavy (non-hydrogen) atoms. The van der Waals surface area contributed by atoms with Crippen LogP contribution in [0, 0.1) is 0 Å². The highest BCUT2D eigenvalue weighted by molar-refractivity contribution is 7.21. The lowest BCUT2D eigenvalue weighted by Crippen LogP contribution is -2.06. The van der Waals surface area contributed by atoms with Gasteiger partial charge in [-0.15, -0.1) is 11.3 Å². The minimum absolute atomic E-state index is 0.135. The van der Waals surface area contributed by atoms with Crippen molar-refractivity contribution >= 4 is 37.1 Å². The standard InChI is InChI=1S/C13H9NOS.C7H7.Al/c15-11-7-3-1-5-9(11)13-14-10-6-2-4-8-12(10)16-13;1-7-5-3-2-4-6-7;/h1-8,15H;2-6H,1H2;/q;;+1/p-1. The molecule has 1 aromatic heterocycles. The van der Waals surface area contributed by atoms with Gasteiger partial charge in [-0.2, -0.15) is 0 Å². The fourth-order valence-electron chi connectivity index (χ4n) is 2.58. The van der Waals surface area contributed by atoms with Crippen LogP contribution >= 0.6 is 11.3 Å². The van der Waals surface area contributed by atoms with Gasteiger partial charge in [-0.25, -0.2) is 4.98 Å². The monoisotopic (exact) mass is 344 g/mol. The lowest BCUT2D eigenvalue weighted by molar-refractivity contribution is 0.594. The third-order valence-electron chi connectivity index (χ3n) is 3.78. The summed E-state index contributed by atoms with van der Waals surface area (Å²) < 4.78 is 7.35. The zero-order chi connectivity index (χ0) is 16.2. The second-order valence-corrected chi connectivity index (χ2v) is 7.47. The third-order valence-corrected chi connectivity index (χ3v) is 5.91. The van der Waals surface area contributed by atoms with E-state index in [1.165, 1.54) is 10.3 Å². The van der Waals surface area contributed by atoms with Gasteiger partial charge in [0.05, 0.1) is 16.0 Å². The summed E-state index contributed by atoms with van der Waals surface area (Å²) in [5.74, 6) is 0.933. The van der Waals surface area contributed by atoms with Crippen molar-refractivity contribution in [2.75, 3.05) is 0 Å². The molecule has 0 aliphatic rings. The molecule has 1 heterocycles. The Balaban J connectivity index is 1.56. The largest absolute Gasteiger partial charge is 0.647 e. The van der Waals surface area contributed by atoms with E-state index in [1.807, 2.05) is 30.3 Å². The summed E-state index contributed by atoms with van der Waals surface area (Å²) in [6.07, 6.45) is 0. The van der Waals surface area contributed by atoms with E-state index in [4.69, 9.17) is 8.77 Å². The molecule has 4 rings (SSSR count). The zero-order valence-corrected chi connectivity index (χ0v) is 15.0. The molecular formula is C20H15AlNOS. The van der Waals surface area contributed by atoms with E-state index < -0.39 is 0 Å². The van der Waals surface area contributed by atoms with Crippen molar-refractivity contribution in [2.45, 2.75) is 5.28 Å². The first-order chi connectivity index (χ1) is 11.9. The number of nitrogens with zero attached hydrogens (tertiary/aromatic N) is 1. The SMILES string of the molecule is c1ccc([CH2][Al][O]c2ccccc2-c2nc3ccccc3s2)cc1. The van der Waals surface area contributed by atoms with Crippen LogP contribution in [-0.4, -0.2) is 20.5 Å². The molecule has 0 saturated carbocycles. The number of hydrogen-bond donors (Lipinski definition) is 0. The van der Waals surface area contributed by atoms with E-state index in [9.17, 15) is 0 Å². The summed E-state index contributed by atoms with van der Waals surface area (Å²) in [6.45, 7) is 0. The van der Waals surface area contributed by atoms with Gasteiger partial charge in [0.15, 0.2) is 0 Å². The van der Waals surface area contributed by atoms with Gasteiger partial charge in [0, 0.05) is 5.56 Å². The fourth-order valence-corrected chi connectivity index (χ4v) is 4.50. The van der Waals surface area contributed by atoms with Crippen molar-refractivity contribution in [1.29, 1.82) is 0 Å². The Bertz CT molecular complexity index is 919. The van der Waals surface area contributed by atoms with Gasteiger partial charge in [0.25, 0.3) is 0 Å². The van der Waals surface area contributed by atoms with Crippen LogP contribution in [0.1, 0.15) is 5.56 Å². The molecular weight excluding hydrogens is 329 g/mol. The number of thiazole rings is 1. The van der Waals surface area contributed by atoms with E-state index in [-0.39, 0.29) is 15.6 Å². The van der Waals surface area contributed by atoms with Gasteiger partial charge in [-0.05, 0) is 29.5 Å². The molecule has 0 N–H and O–H groups in total. The molecule has 1 radical (unpaired) electrons. The Kier molecular flexibility index (Phi) is 4.62. The summed E-state index contributed by atoms with van der Waals surface area (Å²) in [6, 6.07) is 26.9. The molecule has 0 aliphatic carbocycles. The van der Waals surface area contributed by atoms with Crippen LogP contribution < -0.4 is 3.79 Å². The predicted molar refractivity (Wildman–Crippen MR) is 102 cm³/mol. The van der Waals surface area contributed by atoms with E-state index in [0.29, 0.717) is 0 Å². The minimum Gasteiger partial charge on any atom is -0.647 e. The summed E-state index contributed by atoms with van der Waals surface area (Å²) in [7, 11) is 0. The third kappa shape index (κ3) is 3.37. The number of benzene rings is 3. The average Bonchev–Trinajstić information content (AvgIpc) is 3.07. The number of aromatic nitrogens is 1. The van der Waals surface area contributed by atoms with Gasteiger partial charge < -0.3 is 3.79 Å². The van der Waals surface area contributed by atoms with E-state index in [0.717, 1.165) is 27.1 Å². The van der Waals surface area contributed by atoms with Crippen LogP contribution in [0.15, 0.2) is 78.9 Å². The fraction of sp³-hybridized carbons (Fsp3) is 0.0500. The molecule has 4 aromatic rings. The van der Waals surface area contributed by atoms with Crippen LogP contribution in [-0.2, 0) is 5.28 Å². The smallest absolute Gasteiger partial charge is 0.528 e. The van der Waals surface area contributed by atoms with Gasteiger partial charge in [-0.1, -0.05) is 60.2 Å². The predicted octanol–water partition coefficient (Wildman–Crippen LogP) is 5.16. The Morgan fingerprint density at radius 1 is 0.833 bits per heavy atom. The second-order valence-electron chi connectivity index (χ2n) is 5.46. The topological polar surface area (TPSA) is 22.1 Å². The lowest BCUT2D eigenvalue weighted by atomic mass is 10.2. The first-order valence-corrected chi connectivity index (χ1v) is 9.98. The normalized spacial score (nSPS) is 10.7. The van der Waals surface area contributed by atoms with Gasteiger partial charge in [0.1, 0.15) is 5.01 Å². The number of hydrogen-bond acceptors (Lipinski definition) is 3. The molecule has 0 aliphatic heterocycles. The first kappa shape index (κ1) is 15.4. The number of rotatable bonds is 5. The highest BCUT2D eigenvalue weighted by Crippen LogP contribution is 2.35. The molecule has 2 nitrogen and oxygen atoms in total. The Morgan fingerprint density at radius 3 is 2.46 bits per heavy atom. The van der Waals surface area contributed by atoms with Gasteiger partial charge >= 0.3 is 15.6 Å². The van der Waals surface area contributed by atoms with Crippen molar-refractivity contribution in [2.24, 2.45) is 0 Å². The first-order valence-electron chi connectivity index (χ1n) is 7.87. The molecule has 115 valence electrons. The van der Waals surface area contributed by atoms with Crippen LogP contribution in [0.5, 0.6) is 5.75 Å². The highest BCUT2D eigenvalue weighted by Gasteiger charge is 2.11. The maximum atomic E-state index is 6.14. The Morgan fingerprint density at radius 2 is 1.58 bits per heavy atom. The van der Waals surface area contributed by atoms with E-state index in [1.54, 1.807) is 11.3 Å². The van der Waals surface area contributed by atoms with Crippen LogP contribution in [0.3, 0.4) is 0 Å². The maximum Gasteiger partial charge on any atom is 0.528 e. The molecule has 3 aromatic carbocycles. The summed E-state index contributed by atoms with van der Waals surface area (Å²) >= 11 is 1.58. The maximum absolute atomic E-state index is 6.14. The summed E-state index contributed by atoms with van der Waals surface area (Å²) in [5.41, 5.74) is 3.45. The van der Waals surface area contributed by atoms with Gasteiger partial charge in [0.2, 0.25) is 0 Å². The van der Waals surface area contributed by atoms with Crippen molar-refractivity contribution in [3.05, 3.63) is 84.4 Å². The molecule has 0 fully saturated rings. The Hall–Kier alpha value is -2.12. The van der Waals surface area contributed by atoms with Gasteiger partial charge in [-0.3, -0.25) is 0 Å². The summed E-state index contributed by atoms with van der Waals surface area (Å²) in [4.78, 5) is 4.76. The van der Waals surface area contributed by atoms with Crippen molar-refractivity contribution < 1.29 is 3.79 Å². The van der Waals surface area contributed by atoms with Crippen LogP contribution in [0.2, 0.25) is 0 Å². The molecule has 0 unspecified atom stereocenters. The summed E-state index contributed by atoms with van der Waals surface area (Å²) in [5, 5.41) is 2.00. The Labute approximate surface area is 151 Å². The molecule has 0 spiro atoms. The molecule has 4 heteroatoms. The number of para-hydroxylation sites is 2. The average molecular weight is 344 g/mol. The molecule has 0 amide bonds. The van der Waals surface area contributed by atoms with Crippen LogP contribution in [0.4, 0.5) is 0 Å². The quantitative estimate of drug-likeness (QED) is 0.467. The zero-order valence-electron chi connectivity index (χ0n) is 13.1. The number of fused-ring (bicyclic) bond motifs is 1. The van der Waals surface area contributed by atoms with Crippen molar-refractivity contribution in [1.82, 2.24) is 4.98 Å². The van der Waals surface area contributed by atoms with Crippen LogP contribution in [0.25, 0.3) is 20.8 Å². The second kappa shape index (κ2) is 7.19. The molecule has 0 bridgehead atoms. The van der Waals surface area contributed by atoms with E-state index in [2.05, 4.69) is 48.5 Å². The highest BCUT2D eigenvalue weighted by atomic mass is 32.1. The minimum atomic E-state index is -0.135.